The molecular formula is C24H41N2S+. The van der Waals surface area contributed by atoms with Crippen LogP contribution in [0, 0.1) is 0 Å². The van der Waals surface area contributed by atoms with Gasteiger partial charge in [0.25, 0.3) is 0 Å². The zero-order valence-corrected chi connectivity index (χ0v) is 18.6. The standard InChI is InChI=1S/C24H41N2S/c1-3-5-7-9-10-11-12-16-20-27-22-26-21-25(19-15-8-6-4-2)23-17-13-14-18-24(23)26/h13-14,17-18,21H,3-12,15-16,19-20,22H2,1-2H3/q+1. The summed E-state index contributed by atoms with van der Waals surface area (Å²) >= 11 is 2.09. The van der Waals surface area contributed by atoms with Gasteiger partial charge in [0.05, 0.1) is 6.54 Å². The largest absolute Gasteiger partial charge is 0.245 e. The zero-order valence-electron chi connectivity index (χ0n) is 17.8. The Kier molecular flexibility index (Phi) is 11.7. The fourth-order valence-corrected chi connectivity index (χ4v) is 4.67. The average Bonchev–Trinajstić information content (AvgIpc) is 3.05. The normalized spacial score (nSPS) is 11.5. The molecule has 0 spiro atoms. The molecule has 0 fully saturated rings. The van der Waals surface area contributed by atoms with Crippen molar-refractivity contribution in [2.75, 3.05) is 5.75 Å². The van der Waals surface area contributed by atoms with E-state index in [1.165, 1.54) is 93.8 Å². The van der Waals surface area contributed by atoms with Crippen molar-refractivity contribution >= 4 is 22.8 Å². The van der Waals surface area contributed by atoms with Crippen LogP contribution in [-0.4, -0.2) is 10.3 Å². The van der Waals surface area contributed by atoms with Crippen LogP contribution in [0.3, 0.4) is 0 Å². The van der Waals surface area contributed by atoms with E-state index < -0.39 is 0 Å². The van der Waals surface area contributed by atoms with Gasteiger partial charge in [-0.3, -0.25) is 0 Å². The summed E-state index contributed by atoms with van der Waals surface area (Å²) in [4.78, 5) is 0. The number of rotatable bonds is 16. The summed E-state index contributed by atoms with van der Waals surface area (Å²) in [5.74, 6) is 2.37. The number of para-hydroxylation sites is 2. The van der Waals surface area contributed by atoms with Crippen LogP contribution < -0.4 is 4.57 Å². The number of fused-ring (bicyclic) bond motifs is 1. The number of thioether (sulfide) groups is 1. The number of unbranched alkanes of at least 4 members (excludes halogenated alkanes) is 10. The molecule has 1 heterocycles. The Morgan fingerprint density at radius 1 is 0.778 bits per heavy atom. The van der Waals surface area contributed by atoms with Gasteiger partial charge in [-0.25, -0.2) is 9.13 Å². The van der Waals surface area contributed by atoms with E-state index in [9.17, 15) is 0 Å². The minimum atomic E-state index is 1.08. The number of nitrogens with zero attached hydrogens (tertiary/aromatic N) is 2. The highest BCUT2D eigenvalue weighted by Crippen LogP contribution is 2.15. The maximum absolute atomic E-state index is 2.46. The second kappa shape index (κ2) is 14.1. The van der Waals surface area contributed by atoms with Crippen LogP contribution in [0.15, 0.2) is 30.6 Å². The number of hydrogen-bond acceptors (Lipinski definition) is 1. The molecule has 0 amide bonds. The van der Waals surface area contributed by atoms with Gasteiger partial charge in [-0.15, -0.1) is 11.8 Å². The summed E-state index contributed by atoms with van der Waals surface area (Å²) in [5.41, 5.74) is 2.78. The van der Waals surface area contributed by atoms with Gasteiger partial charge >= 0.3 is 0 Å². The van der Waals surface area contributed by atoms with Crippen molar-refractivity contribution in [1.29, 1.82) is 0 Å². The molecule has 2 rings (SSSR count). The lowest BCUT2D eigenvalue weighted by atomic mass is 10.1. The van der Waals surface area contributed by atoms with Crippen LogP contribution in [0.25, 0.3) is 11.0 Å². The molecule has 0 saturated carbocycles. The lowest BCUT2D eigenvalue weighted by molar-refractivity contribution is -0.650. The molecule has 0 bridgehead atoms. The first-order valence-corrected chi connectivity index (χ1v) is 12.6. The minimum Gasteiger partial charge on any atom is -0.230 e. The van der Waals surface area contributed by atoms with Crippen LogP contribution in [-0.2, 0) is 12.4 Å². The highest BCUT2D eigenvalue weighted by Gasteiger charge is 2.14. The van der Waals surface area contributed by atoms with Crippen molar-refractivity contribution in [3.63, 3.8) is 0 Å². The van der Waals surface area contributed by atoms with Gasteiger partial charge in [0.15, 0.2) is 11.0 Å². The lowest BCUT2D eigenvalue weighted by Crippen LogP contribution is -2.30. The van der Waals surface area contributed by atoms with Crippen LogP contribution in [0.5, 0.6) is 0 Å². The first kappa shape index (κ1) is 22.3. The number of aryl methyl sites for hydroxylation is 1. The quantitative estimate of drug-likeness (QED) is 0.215. The summed E-state index contributed by atoms with van der Waals surface area (Å²) in [5, 5.41) is 0. The van der Waals surface area contributed by atoms with Crippen molar-refractivity contribution < 1.29 is 4.57 Å². The maximum Gasteiger partial charge on any atom is 0.245 e. The summed E-state index contributed by atoms with van der Waals surface area (Å²) < 4.78 is 4.91. The third-order valence-electron chi connectivity index (χ3n) is 5.40. The molecule has 1 aromatic carbocycles. The van der Waals surface area contributed by atoms with E-state index in [4.69, 9.17) is 0 Å². The van der Waals surface area contributed by atoms with Crippen molar-refractivity contribution in [1.82, 2.24) is 4.57 Å². The van der Waals surface area contributed by atoms with E-state index in [0.717, 1.165) is 12.4 Å². The van der Waals surface area contributed by atoms with Gasteiger partial charge in [-0.2, -0.15) is 0 Å². The third kappa shape index (κ3) is 8.29. The Hall–Kier alpha value is -0.960. The van der Waals surface area contributed by atoms with E-state index in [-0.39, 0.29) is 0 Å². The van der Waals surface area contributed by atoms with Crippen molar-refractivity contribution in [2.45, 2.75) is 103 Å². The lowest BCUT2D eigenvalue weighted by Gasteiger charge is -2.02. The maximum atomic E-state index is 2.46. The Labute approximate surface area is 171 Å². The number of aromatic nitrogens is 2. The van der Waals surface area contributed by atoms with E-state index in [1.54, 1.807) is 0 Å². The monoisotopic (exact) mass is 389 g/mol. The fourth-order valence-electron chi connectivity index (χ4n) is 3.73. The van der Waals surface area contributed by atoms with Gasteiger partial charge in [0.2, 0.25) is 6.33 Å². The molecule has 0 aliphatic rings. The van der Waals surface area contributed by atoms with E-state index in [0.29, 0.717) is 0 Å². The molecular weight excluding hydrogens is 348 g/mol. The molecule has 0 radical (unpaired) electrons. The molecule has 1 aromatic heterocycles. The second-order valence-electron chi connectivity index (χ2n) is 7.84. The molecule has 27 heavy (non-hydrogen) atoms. The average molecular weight is 390 g/mol. The number of imidazole rings is 1. The second-order valence-corrected chi connectivity index (χ2v) is 8.91. The summed E-state index contributed by atoms with van der Waals surface area (Å²) in [6, 6.07) is 8.88. The Bertz CT molecular complexity index is 620. The summed E-state index contributed by atoms with van der Waals surface area (Å²) in [6.45, 7) is 5.72. The van der Waals surface area contributed by atoms with E-state index >= 15 is 0 Å². The van der Waals surface area contributed by atoms with Gasteiger partial charge in [0.1, 0.15) is 5.88 Å². The zero-order chi connectivity index (χ0) is 19.2. The summed E-state index contributed by atoms with van der Waals surface area (Å²) in [7, 11) is 0. The smallest absolute Gasteiger partial charge is 0.230 e. The molecule has 0 atom stereocenters. The molecule has 0 saturated heterocycles. The predicted molar refractivity (Wildman–Crippen MR) is 121 cm³/mol. The van der Waals surface area contributed by atoms with Crippen molar-refractivity contribution in [3.05, 3.63) is 30.6 Å². The van der Waals surface area contributed by atoms with Gasteiger partial charge in [-0.05, 0) is 37.1 Å². The molecule has 0 N–H and O–H groups in total. The summed E-state index contributed by atoms with van der Waals surface area (Å²) in [6.07, 6.45) is 18.9. The van der Waals surface area contributed by atoms with Gasteiger partial charge in [-0.1, -0.05) is 83.8 Å². The minimum absolute atomic E-state index is 1.08. The Morgan fingerprint density at radius 2 is 1.41 bits per heavy atom. The Balaban J connectivity index is 1.70. The van der Waals surface area contributed by atoms with Crippen LogP contribution in [0.2, 0.25) is 0 Å². The van der Waals surface area contributed by atoms with Crippen molar-refractivity contribution in [2.24, 2.45) is 0 Å². The predicted octanol–water partition coefficient (Wildman–Crippen LogP) is 7.34. The van der Waals surface area contributed by atoms with Crippen molar-refractivity contribution in [3.8, 4) is 0 Å². The SMILES string of the molecule is CCCCCCCCCCSC[n+]1cn(CCCCCC)c2ccccc21. The van der Waals surface area contributed by atoms with E-state index in [2.05, 4.69) is 65.3 Å². The van der Waals surface area contributed by atoms with Crippen LogP contribution >= 0.6 is 11.8 Å². The highest BCUT2D eigenvalue weighted by atomic mass is 32.2. The molecule has 0 aliphatic heterocycles. The van der Waals surface area contributed by atoms with E-state index in [1.807, 2.05) is 0 Å². The topological polar surface area (TPSA) is 8.81 Å². The molecule has 0 unspecified atom stereocenters. The first-order chi connectivity index (χ1) is 13.4. The third-order valence-corrected chi connectivity index (χ3v) is 6.44. The molecule has 152 valence electrons. The highest BCUT2D eigenvalue weighted by molar-refractivity contribution is 7.98. The molecule has 3 heteroatoms. The van der Waals surface area contributed by atoms with Crippen LogP contribution in [0.4, 0.5) is 0 Å². The molecule has 2 aromatic rings. The Morgan fingerprint density at radius 3 is 2.15 bits per heavy atom. The molecule has 0 aliphatic carbocycles. The van der Waals surface area contributed by atoms with Crippen LogP contribution in [0.1, 0.15) is 90.9 Å². The first-order valence-electron chi connectivity index (χ1n) is 11.4. The van der Waals surface area contributed by atoms with Gasteiger partial charge in [0, 0.05) is 0 Å². The number of benzene rings is 1. The van der Waals surface area contributed by atoms with Gasteiger partial charge < -0.3 is 0 Å². The fraction of sp³-hybridized carbons (Fsp3) is 0.708. The number of hydrogen-bond donors (Lipinski definition) is 0. The molecule has 2 nitrogen and oxygen atoms in total.